The van der Waals surface area contributed by atoms with Crippen LogP contribution in [0.15, 0.2) is 59.8 Å². The molecule has 7 heteroatoms. The summed E-state index contributed by atoms with van der Waals surface area (Å²) in [6, 6.07) is 16.1. The van der Waals surface area contributed by atoms with Crippen LogP contribution in [0.25, 0.3) is 0 Å². The second kappa shape index (κ2) is 11.3. The summed E-state index contributed by atoms with van der Waals surface area (Å²) in [4.78, 5) is 31.6. The first-order valence-electron chi connectivity index (χ1n) is 13.8. The highest BCUT2D eigenvalue weighted by atomic mass is 16.5. The number of hydrogen-bond acceptors (Lipinski definition) is 6. The minimum absolute atomic E-state index is 0.0356. The number of Topliss-reactive ketones (excluding diaryl/α,β-unsaturated/α-hetero) is 1. The first-order chi connectivity index (χ1) is 18.3. The van der Waals surface area contributed by atoms with Gasteiger partial charge in [0.05, 0.1) is 37.2 Å². The van der Waals surface area contributed by atoms with Crippen molar-refractivity contribution in [1.29, 1.82) is 0 Å². The lowest BCUT2D eigenvalue weighted by Gasteiger charge is -2.38. The van der Waals surface area contributed by atoms with E-state index in [-0.39, 0.29) is 29.7 Å². The van der Waals surface area contributed by atoms with Crippen LogP contribution < -0.4 is 15.5 Å². The summed E-state index contributed by atoms with van der Waals surface area (Å²) in [7, 11) is 0. The summed E-state index contributed by atoms with van der Waals surface area (Å²) in [5.41, 5.74) is 5.68. The molecule has 2 aromatic carbocycles. The van der Waals surface area contributed by atoms with Crippen molar-refractivity contribution in [2.24, 2.45) is 5.41 Å². The van der Waals surface area contributed by atoms with Gasteiger partial charge in [-0.1, -0.05) is 55.8 Å². The fourth-order valence-electron chi connectivity index (χ4n) is 5.89. The number of ketones is 1. The number of aryl methyl sites for hydroxylation is 1. The molecular formula is C31H40N4O3. The Bertz CT molecular complexity index is 1200. The van der Waals surface area contributed by atoms with Crippen LogP contribution in [0.2, 0.25) is 0 Å². The third-order valence-corrected chi connectivity index (χ3v) is 7.79. The number of carbonyl (C=O) groups excluding carboxylic acids is 2. The van der Waals surface area contributed by atoms with Crippen LogP contribution in [-0.2, 0) is 14.3 Å². The maximum Gasteiger partial charge on any atom is 0.239 e. The van der Waals surface area contributed by atoms with Crippen molar-refractivity contribution in [1.82, 2.24) is 10.2 Å². The molecule has 38 heavy (non-hydrogen) atoms. The minimum Gasteiger partial charge on any atom is -0.379 e. The predicted octanol–water partition coefficient (Wildman–Crippen LogP) is 4.45. The Hall–Kier alpha value is -3.16. The topological polar surface area (TPSA) is 73.9 Å². The van der Waals surface area contributed by atoms with Crippen molar-refractivity contribution in [3.63, 3.8) is 0 Å². The van der Waals surface area contributed by atoms with Gasteiger partial charge in [0.15, 0.2) is 5.78 Å². The predicted molar refractivity (Wildman–Crippen MR) is 151 cm³/mol. The summed E-state index contributed by atoms with van der Waals surface area (Å²) < 4.78 is 5.43. The van der Waals surface area contributed by atoms with Crippen LogP contribution in [0.4, 0.5) is 11.4 Å². The van der Waals surface area contributed by atoms with E-state index < -0.39 is 0 Å². The number of rotatable bonds is 7. The molecule has 1 atom stereocenters. The number of anilines is 2. The van der Waals surface area contributed by atoms with Crippen molar-refractivity contribution >= 4 is 23.1 Å². The van der Waals surface area contributed by atoms with Gasteiger partial charge in [0, 0.05) is 37.3 Å². The molecule has 7 nitrogen and oxygen atoms in total. The number of allylic oxidation sites excluding steroid dienone is 1. The number of benzene rings is 2. The fraction of sp³-hybridized carbons (Fsp3) is 0.484. The van der Waals surface area contributed by atoms with Crippen molar-refractivity contribution in [3.05, 3.63) is 70.9 Å². The number of nitrogens with one attached hydrogen (secondary N) is 2. The smallest absolute Gasteiger partial charge is 0.239 e. The van der Waals surface area contributed by atoms with E-state index >= 15 is 0 Å². The van der Waals surface area contributed by atoms with E-state index in [9.17, 15) is 9.59 Å². The number of morpholine rings is 1. The summed E-state index contributed by atoms with van der Waals surface area (Å²) >= 11 is 0. The lowest BCUT2D eigenvalue weighted by Crippen LogP contribution is -2.43. The standard InChI is InChI=1S/C31H40N4O3/c1-22-9-11-23(12-10-22)30-29-25(19-31(2,3)20-27(29)36)33-24-7-4-5-8-26(24)35(30)21-28(37)32-13-6-14-34-15-17-38-18-16-34/h4-5,7-12,30,33H,6,13-21H2,1-3H3,(H,32,37). The van der Waals surface area contributed by atoms with Crippen molar-refractivity contribution < 1.29 is 14.3 Å². The van der Waals surface area contributed by atoms with Crippen LogP contribution in [0.3, 0.4) is 0 Å². The van der Waals surface area contributed by atoms with Gasteiger partial charge in [0.25, 0.3) is 0 Å². The van der Waals surface area contributed by atoms with Crippen LogP contribution in [0.1, 0.15) is 50.3 Å². The van der Waals surface area contributed by atoms with Crippen LogP contribution >= 0.6 is 0 Å². The van der Waals surface area contributed by atoms with Gasteiger partial charge in [-0.2, -0.15) is 0 Å². The molecule has 0 radical (unpaired) electrons. The molecule has 2 heterocycles. The summed E-state index contributed by atoms with van der Waals surface area (Å²) in [6.45, 7) is 11.6. The molecule has 1 saturated heterocycles. The molecular weight excluding hydrogens is 476 g/mol. The zero-order valence-corrected chi connectivity index (χ0v) is 22.9. The molecule has 5 rings (SSSR count). The number of ether oxygens (including phenoxy) is 1. The largest absolute Gasteiger partial charge is 0.379 e. The molecule has 2 aromatic rings. The second-order valence-corrected chi connectivity index (χ2v) is 11.6. The Labute approximate surface area is 226 Å². The highest BCUT2D eigenvalue weighted by Crippen LogP contribution is 2.48. The molecule has 1 fully saturated rings. The third kappa shape index (κ3) is 5.94. The number of nitrogens with zero attached hydrogens (tertiary/aromatic N) is 2. The highest BCUT2D eigenvalue weighted by Gasteiger charge is 2.41. The van der Waals surface area contributed by atoms with Crippen molar-refractivity contribution in [2.45, 2.75) is 46.1 Å². The average molecular weight is 517 g/mol. The highest BCUT2D eigenvalue weighted by molar-refractivity contribution is 6.01. The Morgan fingerprint density at radius 3 is 2.58 bits per heavy atom. The van der Waals surface area contributed by atoms with E-state index in [1.165, 1.54) is 0 Å². The molecule has 2 N–H and O–H groups in total. The molecule has 0 bridgehead atoms. The molecule has 2 aliphatic heterocycles. The van der Waals surface area contributed by atoms with Gasteiger partial charge < -0.3 is 20.3 Å². The Morgan fingerprint density at radius 1 is 1.08 bits per heavy atom. The third-order valence-electron chi connectivity index (χ3n) is 7.79. The maximum absolute atomic E-state index is 13.8. The van der Waals surface area contributed by atoms with Gasteiger partial charge in [0.1, 0.15) is 0 Å². The molecule has 0 saturated carbocycles. The molecule has 3 aliphatic rings. The first-order valence-corrected chi connectivity index (χ1v) is 13.8. The number of para-hydroxylation sites is 2. The first kappa shape index (κ1) is 26.4. The van der Waals surface area contributed by atoms with Gasteiger partial charge in [-0.25, -0.2) is 0 Å². The molecule has 1 amide bonds. The Balaban J connectivity index is 1.44. The number of hydrogen-bond donors (Lipinski definition) is 2. The monoisotopic (exact) mass is 516 g/mol. The second-order valence-electron chi connectivity index (χ2n) is 11.6. The van der Waals surface area contributed by atoms with E-state index in [0.29, 0.717) is 13.0 Å². The molecule has 0 aromatic heterocycles. The fourth-order valence-corrected chi connectivity index (χ4v) is 5.89. The SMILES string of the molecule is Cc1ccc(C2C3=C(CC(C)(C)CC3=O)Nc3ccccc3N2CC(=O)NCCCN2CCOCC2)cc1. The summed E-state index contributed by atoms with van der Waals surface area (Å²) in [5.74, 6) is 0.115. The van der Waals surface area contributed by atoms with E-state index in [2.05, 4.69) is 65.5 Å². The zero-order chi connectivity index (χ0) is 26.7. The Morgan fingerprint density at radius 2 is 1.82 bits per heavy atom. The van der Waals surface area contributed by atoms with Gasteiger partial charge in [0.2, 0.25) is 5.91 Å². The van der Waals surface area contributed by atoms with E-state index in [0.717, 1.165) is 79.5 Å². The lowest BCUT2D eigenvalue weighted by molar-refractivity contribution is -0.120. The van der Waals surface area contributed by atoms with E-state index in [4.69, 9.17) is 4.74 Å². The normalized spacial score (nSPS) is 21.3. The van der Waals surface area contributed by atoms with Gasteiger partial charge in [-0.15, -0.1) is 0 Å². The zero-order valence-electron chi connectivity index (χ0n) is 22.9. The minimum atomic E-state index is -0.343. The maximum atomic E-state index is 13.8. The van der Waals surface area contributed by atoms with Crippen LogP contribution in [0.5, 0.6) is 0 Å². The van der Waals surface area contributed by atoms with E-state index in [1.807, 2.05) is 24.3 Å². The van der Waals surface area contributed by atoms with Gasteiger partial charge in [-0.05, 0) is 49.4 Å². The van der Waals surface area contributed by atoms with Gasteiger partial charge in [-0.3, -0.25) is 14.5 Å². The molecule has 1 aliphatic carbocycles. The molecule has 1 unspecified atom stereocenters. The lowest BCUT2D eigenvalue weighted by atomic mass is 9.73. The number of carbonyl (C=O) groups is 2. The Kier molecular flexibility index (Phi) is 7.86. The van der Waals surface area contributed by atoms with Crippen molar-refractivity contribution in [3.8, 4) is 0 Å². The van der Waals surface area contributed by atoms with Crippen LogP contribution in [-0.4, -0.2) is 62.5 Å². The number of amides is 1. The van der Waals surface area contributed by atoms with Crippen LogP contribution in [0, 0.1) is 12.3 Å². The molecule has 202 valence electrons. The van der Waals surface area contributed by atoms with Gasteiger partial charge >= 0.3 is 0 Å². The quantitative estimate of drug-likeness (QED) is 0.530. The summed E-state index contributed by atoms with van der Waals surface area (Å²) in [5, 5.41) is 6.76. The number of fused-ring (bicyclic) bond motifs is 1. The average Bonchev–Trinajstić information content (AvgIpc) is 3.01. The van der Waals surface area contributed by atoms with Crippen molar-refractivity contribution in [2.75, 3.05) is 56.2 Å². The summed E-state index contributed by atoms with van der Waals surface area (Å²) in [6.07, 6.45) is 2.17. The van der Waals surface area contributed by atoms with E-state index in [1.54, 1.807) is 0 Å². The molecule has 0 spiro atoms.